The highest BCUT2D eigenvalue weighted by atomic mass is 35.5. The van der Waals surface area contributed by atoms with E-state index in [1.807, 2.05) is 30.3 Å². The van der Waals surface area contributed by atoms with Crippen molar-refractivity contribution in [3.8, 4) is 11.5 Å². The average molecular weight is 426 g/mol. The molecule has 146 valence electrons. The van der Waals surface area contributed by atoms with Gasteiger partial charge in [0.15, 0.2) is 0 Å². The molecule has 4 rings (SSSR count). The third kappa shape index (κ3) is 3.57. The van der Waals surface area contributed by atoms with Crippen LogP contribution in [0.15, 0.2) is 59.5 Å². The monoisotopic (exact) mass is 425 g/mol. The molecule has 0 atom stereocenters. The number of halogens is 1. The van der Waals surface area contributed by atoms with E-state index in [1.165, 1.54) is 0 Å². The number of nitrogens with zero attached hydrogens (tertiary/aromatic N) is 1. The van der Waals surface area contributed by atoms with Crippen LogP contribution in [-0.2, 0) is 4.79 Å². The topological polar surface area (TPSA) is 55.8 Å². The number of hydrogen-bond acceptors (Lipinski definition) is 5. The maximum Gasteiger partial charge on any atom is 0.298 e. The summed E-state index contributed by atoms with van der Waals surface area (Å²) in [5, 5.41) is 2.00. The van der Waals surface area contributed by atoms with Crippen LogP contribution in [0.25, 0.3) is 16.8 Å². The maximum absolute atomic E-state index is 13.0. The van der Waals surface area contributed by atoms with Crippen molar-refractivity contribution in [3.63, 3.8) is 0 Å². The highest BCUT2D eigenvalue weighted by Crippen LogP contribution is 2.39. The normalized spacial score (nSPS) is 15.4. The molecule has 2 amide bonds. The van der Waals surface area contributed by atoms with E-state index < -0.39 is 0 Å². The molecule has 0 aliphatic carbocycles. The fourth-order valence-corrected chi connectivity index (χ4v) is 4.12. The van der Waals surface area contributed by atoms with Gasteiger partial charge in [-0.1, -0.05) is 23.7 Å². The summed E-state index contributed by atoms with van der Waals surface area (Å²) in [6.07, 6.45) is 1.70. The van der Waals surface area contributed by atoms with Crippen molar-refractivity contribution in [1.82, 2.24) is 0 Å². The van der Waals surface area contributed by atoms with Gasteiger partial charge in [0.05, 0.1) is 24.8 Å². The summed E-state index contributed by atoms with van der Waals surface area (Å²) in [5.41, 5.74) is 1.19. The lowest BCUT2D eigenvalue weighted by atomic mass is 10.0. The number of carbonyl (C=O) groups is 2. The molecule has 0 unspecified atom stereocenters. The summed E-state index contributed by atoms with van der Waals surface area (Å²) >= 11 is 6.80. The number of methoxy groups -OCH3 is 2. The number of carbonyl (C=O) groups excluding carboxylic acids is 2. The molecule has 1 aliphatic rings. The number of anilines is 1. The Kier molecular flexibility index (Phi) is 5.22. The molecule has 3 aromatic carbocycles. The lowest BCUT2D eigenvalue weighted by Gasteiger charge is -2.13. The minimum Gasteiger partial charge on any atom is -0.497 e. The second kappa shape index (κ2) is 7.81. The Morgan fingerprint density at radius 1 is 0.966 bits per heavy atom. The van der Waals surface area contributed by atoms with Gasteiger partial charge in [-0.25, -0.2) is 4.90 Å². The molecule has 0 radical (unpaired) electrons. The Hall–Kier alpha value is -2.96. The Morgan fingerprint density at radius 3 is 2.38 bits per heavy atom. The Labute approximate surface area is 176 Å². The average Bonchev–Trinajstić information content (AvgIpc) is 3.01. The van der Waals surface area contributed by atoms with E-state index in [1.54, 1.807) is 44.6 Å². The highest BCUT2D eigenvalue weighted by molar-refractivity contribution is 8.19. The van der Waals surface area contributed by atoms with Gasteiger partial charge in [0.25, 0.3) is 11.1 Å². The van der Waals surface area contributed by atoms with Crippen molar-refractivity contribution in [1.29, 1.82) is 0 Å². The fraction of sp³-hybridized carbons (Fsp3) is 0.0909. The number of hydrogen-bond donors (Lipinski definition) is 0. The summed E-state index contributed by atoms with van der Waals surface area (Å²) in [6.45, 7) is 0. The largest absolute Gasteiger partial charge is 0.497 e. The van der Waals surface area contributed by atoms with Crippen molar-refractivity contribution >= 4 is 57.0 Å². The molecule has 7 heteroatoms. The first-order valence-electron chi connectivity index (χ1n) is 8.70. The quantitative estimate of drug-likeness (QED) is 0.498. The van der Waals surface area contributed by atoms with Gasteiger partial charge in [-0.2, -0.15) is 0 Å². The van der Waals surface area contributed by atoms with E-state index >= 15 is 0 Å². The van der Waals surface area contributed by atoms with Gasteiger partial charge in [-0.3, -0.25) is 9.59 Å². The Bertz CT molecular complexity index is 1150. The molecular formula is C22H16ClNO4S. The summed E-state index contributed by atoms with van der Waals surface area (Å²) in [7, 11) is 3.16. The van der Waals surface area contributed by atoms with Crippen LogP contribution in [0.1, 0.15) is 5.56 Å². The first kappa shape index (κ1) is 19.4. The molecule has 0 spiro atoms. The van der Waals surface area contributed by atoms with Gasteiger partial charge < -0.3 is 9.47 Å². The van der Waals surface area contributed by atoms with E-state index in [-0.39, 0.29) is 11.1 Å². The molecule has 0 saturated carbocycles. The first-order chi connectivity index (χ1) is 14.0. The van der Waals surface area contributed by atoms with Crippen LogP contribution >= 0.6 is 23.4 Å². The van der Waals surface area contributed by atoms with Crippen LogP contribution in [-0.4, -0.2) is 25.4 Å². The number of amides is 2. The number of ether oxygens (including phenoxy) is 2. The molecule has 5 nitrogen and oxygen atoms in total. The van der Waals surface area contributed by atoms with Crippen LogP contribution in [0, 0.1) is 0 Å². The third-order valence-electron chi connectivity index (χ3n) is 4.60. The zero-order valence-electron chi connectivity index (χ0n) is 15.6. The van der Waals surface area contributed by atoms with E-state index in [0.717, 1.165) is 27.4 Å². The second-order valence-corrected chi connectivity index (χ2v) is 7.69. The molecule has 1 heterocycles. The number of fused-ring (bicyclic) bond motifs is 1. The Balaban J connectivity index is 1.81. The molecule has 3 aromatic rings. The van der Waals surface area contributed by atoms with E-state index in [4.69, 9.17) is 21.1 Å². The summed E-state index contributed by atoms with van der Waals surface area (Å²) in [5.74, 6) is 0.906. The van der Waals surface area contributed by atoms with Crippen molar-refractivity contribution in [2.45, 2.75) is 0 Å². The van der Waals surface area contributed by atoms with Crippen LogP contribution in [0.2, 0.25) is 5.02 Å². The SMILES string of the molecule is COc1ccc2ccc(OC)c(/C=C3\SC(=O)N(c4ccc(Cl)cc4)C3=O)c2c1. The smallest absolute Gasteiger partial charge is 0.298 e. The summed E-state index contributed by atoms with van der Waals surface area (Å²) < 4.78 is 10.8. The number of thioether (sulfide) groups is 1. The van der Waals surface area contributed by atoms with E-state index in [2.05, 4.69) is 0 Å². The number of rotatable bonds is 4. The number of imide groups is 1. The van der Waals surface area contributed by atoms with Gasteiger partial charge in [-0.15, -0.1) is 0 Å². The summed E-state index contributed by atoms with van der Waals surface area (Å²) in [4.78, 5) is 27.0. The van der Waals surface area contributed by atoms with E-state index in [9.17, 15) is 9.59 Å². The van der Waals surface area contributed by atoms with E-state index in [0.29, 0.717) is 32.7 Å². The van der Waals surface area contributed by atoms with Gasteiger partial charge in [0.2, 0.25) is 0 Å². The Morgan fingerprint density at radius 2 is 1.69 bits per heavy atom. The second-order valence-electron chi connectivity index (χ2n) is 6.26. The predicted octanol–water partition coefficient (Wildman–Crippen LogP) is 5.75. The van der Waals surface area contributed by atoms with Gasteiger partial charge in [-0.05, 0) is 71.1 Å². The lowest BCUT2D eigenvalue weighted by Crippen LogP contribution is -2.27. The molecule has 0 aromatic heterocycles. The highest BCUT2D eigenvalue weighted by Gasteiger charge is 2.36. The molecule has 29 heavy (non-hydrogen) atoms. The first-order valence-corrected chi connectivity index (χ1v) is 9.89. The third-order valence-corrected chi connectivity index (χ3v) is 5.73. The van der Waals surface area contributed by atoms with Crippen LogP contribution in [0.5, 0.6) is 11.5 Å². The molecular weight excluding hydrogens is 410 g/mol. The van der Waals surface area contributed by atoms with Gasteiger partial charge >= 0.3 is 0 Å². The lowest BCUT2D eigenvalue weighted by molar-refractivity contribution is -0.113. The van der Waals surface area contributed by atoms with Gasteiger partial charge in [0.1, 0.15) is 11.5 Å². The van der Waals surface area contributed by atoms with Crippen LogP contribution in [0.4, 0.5) is 10.5 Å². The van der Waals surface area contributed by atoms with Gasteiger partial charge in [0, 0.05) is 10.6 Å². The molecule has 0 N–H and O–H groups in total. The molecule has 1 aliphatic heterocycles. The van der Waals surface area contributed by atoms with Crippen LogP contribution in [0.3, 0.4) is 0 Å². The molecule has 0 bridgehead atoms. The minimum absolute atomic E-state index is 0.318. The maximum atomic E-state index is 13.0. The standard InChI is InChI=1S/C22H16ClNO4S/c1-27-16-9-3-13-4-10-19(28-2)18(17(13)11-16)12-20-21(25)24(22(26)29-20)15-7-5-14(23)6-8-15/h3-12H,1-2H3/b20-12-. The fourth-order valence-electron chi connectivity index (χ4n) is 3.17. The minimum atomic E-state index is -0.385. The van der Waals surface area contributed by atoms with Crippen LogP contribution < -0.4 is 14.4 Å². The van der Waals surface area contributed by atoms with Crippen molar-refractivity contribution in [3.05, 3.63) is 70.1 Å². The summed E-state index contributed by atoms with van der Waals surface area (Å²) in [6, 6.07) is 16.0. The molecule has 1 saturated heterocycles. The zero-order valence-corrected chi connectivity index (χ0v) is 17.2. The molecule has 1 fully saturated rings. The zero-order chi connectivity index (χ0) is 20.5. The predicted molar refractivity (Wildman–Crippen MR) is 117 cm³/mol. The van der Waals surface area contributed by atoms with Crippen molar-refractivity contribution in [2.24, 2.45) is 0 Å². The van der Waals surface area contributed by atoms with Crippen molar-refractivity contribution in [2.75, 3.05) is 19.1 Å². The van der Waals surface area contributed by atoms with Crippen molar-refractivity contribution < 1.29 is 19.1 Å². The number of benzene rings is 3.